The fourth-order valence-corrected chi connectivity index (χ4v) is 10.7. The van der Waals surface area contributed by atoms with Gasteiger partial charge in [0.15, 0.2) is 0 Å². The van der Waals surface area contributed by atoms with E-state index in [2.05, 4.69) is 242 Å². The summed E-state index contributed by atoms with van der Waals surface area (Å²) in [4.78, 5) is 2.46. The number of rotatable bonds is 6. The van der Waals surface area contributed by atoms with Gasteiger partial charge in [-0.2, -0.15) is 0 Å². The number of nitrogens with zero attached hydrogens (tertiary/aromatic N) is 2. The van der Waals surface area contributed by atoms with Crippen LogP contribution in [0, 0.1) is 0 Å². The van der Waals surface area contributed by atoms with Crippen LogP contribution in [0.4, 0.5) is 17.1 Å². The summed E-state index contributed by atoms with van der Waals surface area (Å²) in [6, 6.07) is 74.6. The highest BCUT2D eigenvalue weighted by Gasteiger charge is 2.51. The lowest BCUT2D eigenvalue weighted by atomic mass is 9.70. The Labute approximate surface area is 356 Å². The highest BCUT2D eigenvalue weighted by Crippen LogP contribution is 2.63. The third-order valence-electron chi connectivity index (χ3n) is 13.3. The lowest BCUT2D eigenvalue weighted by Gasteiger charge is -2.32. The molecule has 2 heteroatoms. The van der Waals surface area contributed by atoms with Gasteiger partial charge in [-0.15, -0.1) is 0 Å². The molecule has 0 saturated heterocycles. The molecule has 10 aromatic rings. The van der Waals surface area contributed by atoms with Crippen LogP contribution in [0.25, 0.3) is 71.7 Å². The van der Waals surface area contributed by atoms with E-state index in [1.807, 2.05) is 0 Å². The van der Waals surface area contributed by atoms with Crippen LogP contribution in [-0.2, 0) is 5.41 Å². The first-order chi connectivity index (χ1) is 30.1. The topological polar surface area (TPSA) is 8.17 Å². The van der Waals surface area contributed by atoms with Crippen molar-refractivity contribution < 1.29 is 0 Å². The Morgan fingerprint density at radius 3 is 1.67 bits per heavy atom. The molecule has 0 unspecified atom stereocenters. The summed E-state index contributed by atoms with van der Waals surface area (Å²) in [6.45, 7) is 4.26. The fourth-order valence-electron chi connectivity index (χ4n) is 10.7. The largest absolute Gasteiger partial charge is 0.313 e. The van der Waals surface area contributed by atoms with Crippen molar-refractivity contribution in [2.75, 3.05) is 4.90 Å². The van der Waals surface area contributed by atoms with Crippen LogP contribution in [0.3, 0.4) is 0 Å². The van der Waals surface area contributed by atoms with Gasteiger partial charge in [-0.1, -0.05) is 164 Å². The first-order valence-corrected chi connectivity index (χ1v) is 21.3. The first-order valence-electron chi connectivity index (χ1n) is 21.3. The van der Waals surface area contributed by atoms with Crippen LogP contribution < -0.4 is 4.90 Å². The van der Waals surface area contributed by atoms with Gasteiger partial charge in [0.25, 0.3) is 0 Å². The molecule has 1 spiro atoms. The quantitative estimate of drug-likeness (QED) is 0.153. The zero-order valence-corrected chi connectivity index (χ0v) is 34.2. The molecule has 0 bridgehead atoms. The van der Waals surface area contributed by atoms with Crippen LogP contribution >= 0.6 is 0 Å². The number of benzene rings is 9. The second-order valence-electron chi connectivity index (χ2n) is 16.4. The number of para-hydroxylation sites is 1. The van der Waals surface area contributed by atoms with E-state index in [0.29, 0.717) is 0 Å². The predicted octanol–water partition coefficient (Wildman–Crippen LogP) is 15.9. The summed E-state index contributed by atoms with van der Waals surface area (Å²) < 4.78 is 2.39. The lowest BCUT2D eigenvalue weighted by molar-refractivity contribution is 0.793. The summed E-state index contributed by atoms with van der Waals surface area (Å²) in [5.74, 6) is 0. The predicted molar refractivity (Wildman–Crippen MR) is 258 cm³/mol. The van der Waals surface area contributed by atoms with E-state index in [0.717, 1.165) is 17.1 Å². The summed E-state index contributed by atoms with van der Waals surface area (Å²) in [6.07, 6.45) is 6.40. The molecule has 0 atom stereocenters. The molecule has 288 valence electrons. The number of anilines is 3. The normalized spacial score (nSPS) is 13.6. The Balaban J connectivity index is 1.10. The zero-order chi connectivity index (χ0) is 40.7. The molecule has 12 rings (SSSR count). The van der Waals surface area contributed by atoms with Gasteiger partial charge in [-0.05, 0) is 135 Å². The van der Waals surface area contributed by atoms with E-state index >= 15 is 0 Å². The number of hydrogen-bond acceptors (Lipinski definition) is 1. The van der Waals surface area contributed by atoms with Crippen molar-refractivity contribution in [3.8, 4) is 33.4 Å². The van der Waals surface area contributed by atoms with Crippen LogP contribution in [0.1, 0.15) is 36.1 Å². The molecule has 2 aliphatic carbocycles. The minimum atomic E-state index is -0.437. The lowest BCUT2D eigenvalue weighted by Crippen LogP contribution is -2.26. The van der Waals surface area contributed by atoms with Crippen LogP contribution in [-0.4, -0.2) is 4.57 Å². The van der Waals surface area contributed by atoms with E-state index in [-0.39, 0.29) is 0 Å². The Morgan fingerprint density at radius 2 is 0.967 bits per heavy atom. The van der Waals surface area contributed by atoms with Gasteiger partial charge in [0, 0.05) is 33.5 Å². The van der Waals surface area contributed by atoms with Crippen molar-refractivity contribution in [3.05, 3.63) is 241 Å². The average molecular weight is 779 g/mol. The van der Waals surface area contributed by atoms with Gasteiger partial charge in [0.05, 0.1) is 16.4 Å². The summed E-state index contributed by atoms with van der Waals surface area (Å²) in [7, 11) is 0. The molecule has 0 saturated carbocycles. The van der Waals surface area contributed by atoms with Crippen LogP contribution in [0.5, 0.6) is 0 Å². The Hall–Kier alpha value is -7.68. The van der Waals surface area contributed by atoms with Crippen LogP contribution in [0.2, 0.25) is 0 Å². The van der Waals surface area contributed by atoms with E-state index in [4.69, 9.17) is 0 Å². The number of aromatic nitrogens is 1. The third kappa shape index (κ3) is 5.09. The molecular weight excluding hydrogens is 737 g/mol. The van der Waals surface area contributed by atoms with Crippen molar-refractivity contribution in [1.82, 2.24) is 4.57 Å². The Bertz CT molecular complexity index is 3380. The number of allylic oxidation sites excluding steroid dienone is 4. The molecule has 1 heterocycles. The Kier molecular flexibility index (Phi) is 7.92. The van der Waals surface area contributed by atoms with E-state index < -0.39 is 5.41 Å². The highest BCUT2D eigenvalue weighted by molar-refractivity contribution is 6.11. The molecule has 2 nitrogen and oxygen atoms in total. The minimum absolute atomic E-state index is 0.437. The first kappa shape index (κ1) is 35.3. The second-order valence-corrected chi connectivity index (χ2v) is 16.4. The maximum Gasteiger partial charge on any atom is 0.0726 e. The third-order valence-corrected chi connectivity index (χ3v) is 13.3. The van der Waals surface area contributed by atoms with Crippen LogP contribution in [0.15, 0.2) is 218 Å². The SMILES string of the molecule is C/C=C\C=C(/C)n1c2ccccc2c2cc(N(c3ccc(-c4cccc5ccccc45)cc3)c3ccc4c(c3)C3(c5ccccc5-c5ccccc53)c3ccccc3-4)ccc21. The summed E-state index contributed by atoms with van der Waals surface area (Å²) >= 11 is 0. The fraction of sp³-hybridized carbons (Fsp3) is 0.0508. The van der Waals surface area contributed by atoms with Crippen molar-refractivity contribution in [3.63, 3.8) is 0 Å². The van der Waals surface area contributed by atoms with Crippen molar-refractivity contribution in [2.45, 2.75) is 19.3 Å². The van der Waals surface area contributed by atoms with Gasteiger partial charge in [-0.3, -0.25) is 0 Å². The van der Waals surface area contributed by atoms with E-state index in [9.17, 15) is 0 Å². The molecule has 9 aromatic carbocycles. The van der Waals surface area contributed by atoms with Crippen molar-refractivity contribution >= 4 is 55.3 Å². The molecule has 0 fully saturated rings. The van der Waals surface area contributed by atoms with Crippen molar-refractivity contribution in [2.24, 2.45) is 0 Å². The molecule has 0 amide bonds. The Morgan fingerprint density at radius 1 is 0.443 bits per heavy atom. The van der Waals surface area contributed by atoms with E-state index in [1.165, 1.54) is 93.9 Å². The average Bonchev–Trinajstić information content (AvgIpc) is 3.92. The van der Waals surface area contributed by atoms with Gasteiger partial charge in [0.1, 0.15) is 0 Å². The number of fused-ring (bicyclic) bond motifs is 14. The molecule has 0 radical (unpaired) electrons. The molecule has 0 aliphatic heterocycles. The van der Waals surface area contributed by atoms with Gasteiger partial charge in [0.2, 0.25) is 0 Å². The minimum Gasteiger partial charge on any atom is -0.313 e. The van der Waals surface area contributed by atoms with Gasteiger partial charge >= 0.3 is 0 Å². The molecule has 1 aromatic heterocycles. The van der Waals surface area contributed by atoms with Gasteiger partial charge in [-0.25, -0.2) is 0 Å². The molecular formula is C59H42N2. The number of hydrogen-bond donors (Lipinski definition) is 0. The second kappa shape index (κ2) is 13.7. The standard InChI is InChI=1S/C59H42N2/c1-3-4-16-39(2)60-57-28-14-10-23-51(57)52-37-43(34-36-58(52)60)61(42-31-29-41(30-32-42)46-24-15-18-40-17-5-6-19-45(40)46)44-33-35-50-49-22-9-13-27-55(49)59(56(50)38-44)53-25-11-7-20-47(53)48-21-8-12-26-54(48)59/h3-38H,1-2H3/b4-3-,39-16+. The summed E-state index contributed by atoms with van der Waals surface area (Å²) in [5.41, 5.74) is 19.5. The molecule has 61 heavy (non-hydrogen) atoms. The zero-order valence-electron chi connectivity index (χ0n) is 34.2. The maximum atomic E-state index is 2.49. The van der Waals surface area contributed by atoms with Gasteiger partial charge < -0.3 is 9.47 Å². The smallest absolute Gasteiger partial charge is 0.0726 e. The monoisotopic (exact) mass is 778 g/mol. The van der Waals surface area contributed by atoms with E-state index in [1.54, 1.807) is 0 Å². The van der Waals surface area contributed by atoms with Crippen molar-refractivity contribution in [1.29, 1.82) is 0 Å². The maximum absolute atomic E-state index is 2.49. The highest BCUT2D eigenvalue weighted by atomic mass is 15.1. The summed E-state index contributed by atoms with van der Waals surface area (Å²) in [5, 5.41) is 4.97. The molecule has 2 aliphatic rings. The molecule has 0 N–H and O–H groups in total.